The van der Waals surface area contributed by atoms with Gasteiger partial charge in [-0.05, 0) is 47.0 Å². The van der Waals surface area contributed by atoms with Gasteiger partial charge in [0, 0.05) is 6.42 Å². The number of rotatable bonds is 12. The molecule has 5 aliphatic rings. The van der Waals surface area contributed by atoms with Crippen LogP contribution >= 0.6 is 0 Å². The van der Waals surface area contributed by atoms with E-state index in [2.05, 4.69) is 6.92 Å². The zero-order valence-corrected chi connectivity index (χ0v) is 41.4. The third-order valence-corrected chi connectivity index (χ3v) is 13.5. The van der Waals surface area contributed by atoms with E-state index in [-0.39, 0.29) is 12.5 Å². The molecule has 5 fully saturated rings. The first-order valence-electron chi connectivity index (χ1n) is 25.2. The Morgan fingerprint density at radius 2 is 1.10 bits per heavy atom. The Bertz CT molecular complexity index is 1550. The van der Waals surface area contributed by atoms with Crippen molar-refractivity contribution in [3.8, 4) is 0 Å². The molecule has 0 aromatic rings. The third kappa shape index (κ3) is 14.7. The number of hydrogen-bond donors (Lipinski definition) is 6. The Morgan fingerprint density at radius 1 is 0.544 bits per heavy atom. The number of esters is 3. The number of aliphatic hydroxyl groups excluding tert-OH is 6. The van der Waals surface area contributed by atoms with Crippen molar-refractivity contribution in [2.45, 2.75) is 275 Å². The lowest BCUT2D eigenvalue weighted by Crippen LogP contribution is -2.67. The van der Waals surface area contributed by atoms with Crippen LogP contribution in [0.2, 0.25) is 0 Å². The quantitative estimate of drug-likeness (QED) is 0.0932. The van der Waals surface area contributed by atoms with Gasteiger partial charge < -0.3 is 82.7 Å². The minimum absolute atomic E-state index is 0.0257. The normalized spacial score (nSPS) is 42.8. The minimum atomic E-state index is -1.78. The van der Waals surface area contributed by atoms with Gasteiger partial charge in [-0.1, -0.05) is 92.4 Å². The molecule has 5 saturated heterocycles. The molecule has 2 bridgehead atoms. The summed E-state index contributed by atoms with van der Waals surface area (Å²) in [7, 11) is 0. The first-order valence-corrected chi connectivity index (χ1v) is 25.2. The van der Waals surface area contributed by atoms with E-state index in [9.17, 15) is 45.0 Å². The Balaban J connectivity index is 1.40. The summed E-state index contributed by atoms with van der Waals surface area (Å²) in [5.74, 6) is -3.21. The van der Waals surface area contributed by atoms with Gasteiger partial charge in [0.25, 0.3) is 0 Å². The maximum Gasteiger partial charge on any atom is 0.308 e. The molecule has 0 spiro atoms. The van der Waals surface area contributed by atoms with Gasteiger partial charge in [-0.15, -0.1) is 0 Å². The van der Waals surface area contributed by atoms with Crippen LogP contribution in [0.5, 0.6) is 0 Å². The van der Waals surface area contributed by atoms with Gasteiger partial charge in [-0.3, -0.25) is 14.4 Å². The molecule has 0 amide bonds. The number of ether oxygens (including phenoxy) is 11. The fourth-order valence-corrected chi connectivity index (χ4v) is 9.21. The van der Waals surface area contributed by atoms with E-state index < -0.39 is 153 Å². The van der Waals surface area contributed by atoms with Gasteiger partial charge in [0.05, 0.1) is 42.4 Å². The summed E-state index contributed by atoms with van der Waals surface area (Å²) in [6.45, 7) is 14.7. The van der Waals surface area contributed by atoms with E-state index in [0.717, 1.165) is 70.6 Å². The largest absolute Gasteiger partial charge is 0.457 e. The van der Waals surface area contributed by atoms with Crippen molar-refractivity contribution in [1.29, 1.82) is 0 Å². The van der Waals surface area contributed by atoms with Gasteiger partial charge >= 0.3 is 17.9 Å². The molecule has 0 aliphatic carbocycles. The van der Waals surface area contributed by atoms with Crippen LogP contribution < -0.4 is 0 Å². The maximum absolute atomic E-state index is 13.6. The first-order chi connectivity index (χ1) is 32.2. The predicted molar refractivity (Wildman–Crippen MR) is 238 cm³/mol. The third-order valence-electron chi connectivity index (χ3n) is 13.5. The van der Waals surface area contributed by atoms with Gasteiger partial charge in [0.1, 0.15) is 54.9 Å². The molecule has 5 aliphatic heterocycles. The Labute approximate surface area is 400 Å². The van der Waals surface area contributed by atoms with Crippen LogP contribution in [-0.2, 0) is 66.5 Å². The van der Waals surface area contributed by atoms with Crippen molar-refractivity contribution < 1.29 is 97.1 Å². The van der Waals surface area contributed by atoms with E-state index in [1.807, 2.05) is 0 Å². The summed E-state index contributed by atoms with van der Waals surface area (Å²) in [6.07, 6.45) is -17.8. The smallest absolute Gasteiger partial charge is 0.308 e. The van der Waals surface area contributed by atoms with Crippen LogP contribution in [0.4, 0.5) is 0 Å². The highest BCUT2D eigenvalue weighted by Crippen LogP contribution is 2.37. The summed E-state index contributed by atoms with van der Waals surface area (Å²) in [5, 5.41) is 68.6. The molecule has 394 valence electrons. The topological polar surface area (TPSA) is 274 Å². The molecule has 6 N–H and O–H groups in total. The van der Waals surface area contributed by atoms with Crippen LogP contribution in [-0.4, -0.2) is 177 Å². The number of carbonyl (C=O) groups excluding carboxylic acids is 3. The molecule has 68 heavy (non-hydrogen) atoms. The summed E-state index contributed by atoms with van der Waals surface area (Å²) in [5.41, 5.74) is 0. The molecule has 20 heteroatoms. The summed E-state index contributed by atoms with van der Waals surface area (Å²) in [6, 6.07) is 0. The molecule has 20 nitrogen and oxygen atoms in total. The Morgan fingerprint density at radius 3 is 1.75 bits per heavy atom. The Kier molecular flexibility index (Phi) is 22.1. The van der Waals surface area contributed by atoms with Crippen LogP contribution in [0.1, 0.15) is 146 Å². The SMILES string of the molecule is CCCCC[C@@H]1CCCCCCCCCC(=O)O[C@@H]2[C@H](O)[C@@H](O[C@H]3[C@H](O1)O[C@H](C)[C@@H](O)[C@@H]3O)O[C@@H](C)[C@H]2O[C@H]1O[C@@H](C)[C@H](O[C@H]2O[C@@H](C)[C@H](OC(=O)C(C)C)[C@@H](O)[C@@H]2O)[C@@H](O)[C@@H]1OC(=O)C(C)C. The molecule has 21 atom stereocenters. The second-order valence-electron chi connectivity index (χ2n) is 19.9. The van der Waals surface area contributed by atoms with Crippen molar-refractivity contribution in [1.82, 2.24) is 0 Å². The van der Waals surface area contributed by atoms with Crippen LogP contribution in [0, 0.1) is 11.8 Å². The molecule has 0 unspecified atom stereocenters. The van der Waals surface area contributed by atoms with E-state index in [1.54, 1.807) is 41.5 Å². The highest BCUT2D eigenvalue weighted by atomic mass is 16.8. The fourth-order valence-electron chi connectivity index (χ4n) is 9.21. The second kappa shape index (κ2) is 26.5. The van der Waals surface area contributed by atoms with Crippen molar-refractivity contribution in [2.24, 2.45) is 11.8 Å². The van der Waals surface area contributed by atoms with Gasteiger partial charge in [-0.2, -0.15) is 0 Å². The van der Waals surface area contributed by atoms with E-state index in [1.165, 1.54) is 13.8 Å². The predicted octanol–water partition coefficient (Wildman–Crippen LogP) is 2.82. The lowest BCUT2D eigenvalue weighted by atomic mass is 9.95. The fraction of sp³-hybridized carbons (Fsp3) is 0.938. The van der Waals surface area contributed by atoms with Crippen LogP contribution in [0.15, 0.2) is 0 Å². The zero-order chi connectivity index (χ0) is 50.0. The average molecular weight is 979 g/mol. The number of aliphatic hydroxyl groups is 6. The Hall–Kier alpha value is -2.15. The minimum Gasteiger partial charge on any atom is -0.457 e. The van der Waals surface area contributed by atoms with Crippen LogP contribution in [0.3, 0.4) is 0 Å². The standard InChI is InChI=1S/C48H82O20/c1-10-11-17-20-29-21-18-15-13-12-14-16-19-22-30(49)63-40-36(55)46(68-41-32(51)31(50)25(6)58-47(41)62-29)60-28(9)39(40)67-48-42(65-44(57)24(4)5)35(54)38(27(8)61-48)66-45-34(53)33(52)37(26(7)59-45)64-43(56)23(2)3/h23-29,31-42,45-48,50-55H,10-22H2,1-9H3/t25-,26+,27+,28+,29-,31-,32+,33+,34+,35-,36+,37+,38+,39-,40-,41-,42+,45-,46-,47+,48-/m1/s1. The highest BCUT2D eigenvalue weighted by molar-refractivity contribution is 5.72. The maximum atomic E-state index is 13.6. The number of unbranched alkanes of at least 4 members (excludes halogenated alkanes) is 2. The van der Waals surface area contributed by atoms with E-state index in [0.29, 0.717) is 6.42 Å². The number of fused-ring (bicyclic) bond motifs is 3. The molecule has 0 aromatic carbocycles. The average Bonchev–Trinajstić information content (AvgIpc) is 3.28. The first kappa shape index (κ1) is 56.8. The number of hydrogen-bond acceptors (Lipinski definition) is 20. The zero-order valence-electron chi connectivity index (χ0n) is 41.4. The molecule has 0 radical (unpaired) electrons. The molecule has 0 saturated carbocycles. The molecule has 0 aromatic heterocycles. The highest BCUT2D eigenvalue weighted by Gasteiger charge is 2.56. The summed E-state index contributed by atoms with van der Waals surface area (Å²) in [4.78, 5) is 39.2. The van der Waals surface area contributed by atoms with Gasteiger partial charge in [0.2, 0.25) is 0 Å². The second-order valence-corrected chi connectivity index (χ2v) is 19.9. The van der Waals surface area contributed by atoms with Crippen molar-refractivity contribution in [3.63, 3.8) is 0 Å². The van der Waals surface area contributed by atoms with Crippen LogP contribution in [0.25, 0.3) is 0 Å². The lowest BCUT2D eigenvalue weighted by molar-refractivity contribution is -0.387. The summed E-state index contributed by atoms with van der Waals surface area (Å²) >= 11 is 0. The summed E-state index contributed by atoms with van der Waals surface area (Å²) < 4.78 is 67.1. The van der Waals surface area contributed by atoms with E-state index >= 15 is 0 Å². The van der Waals surface area contributed by atoms with Crippen molar-refractivity contribution >= 4 is 17.9 Å². The lowest BCUT2D eigenvalue weighted by Gasteiger charge is -2.49. The van der Waals surface area contributed by atoms with Gasteiger partial charge in [-0.25, -0.2) is 0 Å². The molecular formula is C48H82O20. The molecular weight excluding hydrogens is 897 g/mol. The molecule has 5 rings (SSSR count). The monoisotopic (exact) mass is 979 g/mol. The van der Waals surface area contributed by atoms with Gasteiger partial charge in [0.15, 0.2) is 43.5 Å². The number of carbonyl (C=O) groups is 3. The van der Waals surface area contributed by atoms with Crippen molar-refractivity contribution in [2.75, 3.05) is 0 Å². The van der Waals surface area contributed by atoms with E-state index in [4.69, 9.17) is 52.1 Å². The van der Waals surface area contributed by atoms with Crippen molar-refractivity contribution in [3.05, 3.63) is 0 Å². The molecule has 5 heterocycles.